The first-order valence-corrected chi connectivity index (χ1v) is 20.3. The van der Waals surface area contributed by atoms with E-state index in [-0.39, 0.29) is 40.2 Å². The Morgan fingerprint density at radius 1 is 0.782 bits per heavy atom. The Bertz CT molecular complexity index is 2010. The number of amides is 2. The summed E-state index contributed by atoms with van der Waals surface area (Å²) in [7, 11) is -4.25. The maximum Gasteiger partial charge on any atom is 0.416 e. The Morgan fingerprint density at radius 2 is 1.38 bits per heavy atom. The van der Waals surface area contributed by atoms with E-state index in [4.69, 9.17) is 11.6 Å². The van der Waals surface area contributed by atoms with E-state index in [0.29, 0.717) is 12.8 Å². The lowest BCUT2D eigenvalue weighted by atomic mass is 10.0. The monoisotopic (exact) mass is 828 g/mol. The fraction of sp³-hybridized carbons (Fsp3) is 0.333. The number of unbranched alkanes of at least 4 members (excludes halogenated alkanes) is 5. The van der Waals surface area contributed by atoms with Crippen LogP contribution >= 0.6 is 23.4 Å². The van der Waals surface area contributed by atoms with E-state index in [1.165, 1.54) is 17.7 Å². The van der Waals surface area contributed by atoms with Crippen molar-refractivity contribution in [3.63, 3.8) is 0 Å². The van der Waals surface area contributed by atoms with Gasteiger partial charge in [0.05, 0.1) is 32.4 Å². The number of sulfone groups is 1. The second-order valence-corrected chi connectivity index (χ2v) is 16.4. The highest BCUT2D eigenvalue weighted by Gasteiger charge is 2.38. The van der Waals surface area contributed by atoms with Gasteiger partial charge in [-0.25, -0.2) is 8.42 Å². The minimum absolute atomic E-state index is 0.0253. The van der Waals surface area contributed by atoms with Gasteiger partial charge in [0.25, 0.3) is 5.91 Å². The van der Waals surface area contributed by atoms with Gasteiger partial charge in [0.2, 0.25) is 5.91 Å². The third-order valence-electron chi connectivity index (χ3n) is 8.58. The molecule has 0 saturated carbocycles. The van der Waals surface area contributed by atoms with Crippen LogP contribution in [0.25, 0.3) is 0 Å². The lowest BCUT2D eigenvalue weighted by Gasteiger charge is -2.19. The van der Waals surface area contributed by atoms with E-state index in [1.807, 2.05) is 35.6 Å². The Hall–Kier alpha value is -4.21. The molecular formula is C39H39ClF6N2O5S2. The Kier molecular flexibility index (Phi) is 15.1. The molecule has 0 fully saturated rings. The first-order chi connectivity index (χ1) is 25.9. The molecule has 0 bridgehead atoms. The van der Waals surface area contributed by atoms with Gasteiger partial charge in [0.1, 0.15) is 11.0 Å². The van der Waals surface area contributed by atoms with Crippen molar-refractivity contribution in [2.75, 3.05) is 16.4 Å². The van der Waals surface area contributed by atoms with Crippen LogP contribution < -0.4 is 10.6 Å². The third kappa shape index (κ3) is 12.4. The van der Waals surface area contributed by atoms with Crippen LogP contribution in [-0.2, 0) is 33.4 Å². The number of nitrogens with one attached hydrogen (secondary N) is 2. The molecule has 0 spiro atoms. The number of aromatic hydroxyl groups is 1. The maximum absolute atomic E-state index is 13.9. The molecule has 1 atom stereocenters. The smallest absolute Gasteiger partial charge is 0.416 e. The molecule has 4 aromatic rings. The zero-order valence-electron chi connectivity index (χ0n) is 29.6. The van der Waals surface area contributed by atoms with Crippen LogP contribution in [0.1, 0.15) is 78.9 Å². The summed E-state index contributed by atoms with van der Waals surface area (Å²) in [6.07, 6.45) is -4.67. The molecule has 0 aliphatic rings. The number of anilines is 2. The average Bonchev–Trinajstić information content (AvgIpc) is 3.13. The number of hydrogen-bond donors (Lipinski definition) is 3. The van der Waals surface area contributed by atoms with Crippen LogP contribution in [0.3, 0.4) is 0 Å². The molecule has 0 radical (unpaired) electrons. The SMILES string of the molecule is CCCCCCCCC(C(=O)Nc1cc(O)c(NC(=O)c2cc(C(F)(F)F)cc(C(F)(F)F)c2)cc1Cl)S(=O)(=O)c1ccc(SCCc2ccccc2)cc1. The molecule has 0 aliphatic heterocycles. The van der Waals surface area contributed by atoms with Crippen LogP contribution in [-0.4, -0.2) is 36.3 Å². The first-order valence-electron chi connectivity index (χ1n) is 17.3. The molecule has 7 nitrogen and oxygen atoms in total. The van der Waals surface area contributed by atoms with Crippen LogP contribution in [0.4, 0.5) is 37.7 Å². The summed E-state index contributed by atoms with van der Waals surface area (Å²) in [6.45, 7) is 2.06. The number of aryl methyl sites for hydroxylation is 1. The molecule has 55 heavy (non-hydrogen) atoms. The van der Waals surface area contributed by atoms with Gasteiger partial charge in [0.15, 0.2) is 9.84 Å². The second-order valence-electron chi connectivity index (χ2n) is 12.7. The summed E-state index contributed by atoms with van der Waals surface area (Å²) in [5.41, 5.74) is -4.02. The molecule has 0 aliphatic carbocycles. The molecule has 0 aromatic heterocycles. The molecular weight excluding hydrogens is 790 g/mol. The topological polar surface area (TPSA) is 113 Å². The molecule has 2 amide bonds. The van der Waals surface area contributed by atoms with Crippen molar-refractivity contribution in [2.45, 2.75) is 85.7 Å². The van der Waals surface area contributed by atoms with Gasteiger partial charge in [-0.05, 0) is 66.9 Å². The van der Waals surface area contributed by atoms with E-state index in [0.717, 1.165) is 54.9 Å². The van der Waals surface area contributed by atoms with E-state index in [1.54, 1.807) is 23.9 Å². The largest absolute Gasteiger partial charge is 0.506 e. The zero-order chi connectivity index (χ0) is 40.4. The van der Waals surface area contributed by atoms with Crippen molar-refractivity contribution in [2.24, 2.45) is 0 Å². The number of phenolic OH excluding ortho intramolecular Hbond substituents is 1. The van der Waals surface area contributed by atoms with E-state index < -0.39 is 67.4 Å². The number of benzene rings is 4. The molecule has 4 aromatic carbocycles. The molecule has 1 unspecified atom stereocenters. The molecule has 16 heteroatoms. The average molecular weight is 829 g/mol. The fourth-order valence-electron chi connectivity index (χ4n) is 5.61. The summed E-state index contributed by atoms with van der Waals surface area (Å²) in [4.78, 5) is 27.3. The van der Waals surface area contributed by atoms with E-state index in [9.17, 15) is 49.5 Å². The quantitative estimate of drug-likeness (QED) is 0.0423. The molecule has 4 rings (SSSR count). The van der Waals surface area contributed by atoms with Crippen molar-refractivity contribution < 1.29 is 49.5 Å². The predicted octanol–water partition coefficient (Wildman–Crippen LogP) is 11.2. The van der Waals surface area contributed by atoms with Gasteiger partial charge in [-0.1, -0.05) is 87.4 Å². The second kappa shape index (κ2) is 19.1. The number of alkyl halides is 6. The van der Waals surface area contributed by atoms with Crippen molar-refractivity contribution in [3.05, 3.63) is 112 Å². The van der Waals surface area contributed by atoms with Gasteiger partial charge in [-0.3, -0.25) is 9.59 Å². The lowest BCUT2D eigenvalue weighted by Crippen LogP contribution is -2.35. The minimum Gasteiger partial charge on any atom is -0.506 e. The van der Waals surface area contributed by atoms with Crippen molar-refractivity contribution in [1.29, 1.82) is 0 Å². The molecule has 0 heterocycles. The number of rotatable bonds is 17. The number of thioether (sulfide) groups is 1. The van der Waals surface area contributed by atoms with Crippen molar-refractivity contribution in [1.82, 2.24) is 0 Å². The lowest BCUT2D eigenvalue weighted by molar-refractivity contribution is -0.143. The van der Waals surface area contributed by atoms with E-state index >= 15 is 0 Å². The summed E-state index contributed by atoms with van der Waals surface area (Å²) >= 11 is 7.88. The molecule has 3 N–H and O–H groups in total. The van der Waals surface area contributed by atoms with E-state index in [2.05, 4.69) is 12.2 Å². The third-order valence-corrected chi connectivity index (χ3v) is 12.0. The molecule has 296 valence electrons. The van der Waals surface area contributed by atoms with Gasteiger partial charge in [0, 0.05) is 22.3 Å². The molecule has 0 saturated heterocycles. The Labute approximate surface area is 324 Å². The number of hydrogen-bond acceptors (Lipinski definition) is 6. The predicted molar refractivity (Wildman–Crippen MR) is 202 cm³/mol. The van der Waals surface area contributed by atoms with Crippen molar-refractivity contribution >= 4 is 56.4 Å². The van der Waals surface area contributed by atoms with Crippen LogP contribution in [0.2, 0.25) is 5.02 Å². The summed E-state index contributed by atoms with van der Waals surface area (Å²) < 4.78 is 108. The highest BCUT2D eigenvalue weighted by Crippen LogP contribution is 2.38. The fourth-order valence-corrected chi connectivity index (χ4v) is 8.38. The number of carbonyl (C=O) groups is 2. The normalized spacial score (nSPS) is 12.7. The zero-order valence-corrected chi connectivity index (χ0v) is 32.0. The Morgan fingerprint density at radius 3 is 1.98 bits per heavy atom. The van der Waals surface area contributed by atoms with Gasteiger partial charge < -0.3 is 15.7 Å². The standard InChI is InChI=1S/C39H39ClF6N2O5S2/c1-2-3-4-5-6-10-13-35(55(52,53)30-16-14-29(15-17-30)54-19-18-25-11-8-7-9-12-25)37(51)47-32-24-34(49)33(23-31(32)40)48-36(50)26-20-27(38(41,42)43)22-28(21-26)39(44,45)46/h7-9,11-12,14-17,20-24,35,49H,2-6,10,13,18-19H2,1H3,(H,47,51)(H,48,50). The van der Waals surface area contributed by atoms with Crippen LogP contribution in [0, 0.1) is 0 Å². The van der Waals surface area contributed by atoms with Gasteiger partial charge in [-0.2, -0.15) is 26.3 Å². The van der Waals surface area contributed by atoms with Gasteiger partial charge >= 0.3 is 12.4 Å². The number of halogens is 7. The maximum atomic E-state index is 13.9. The highest BCUT2D eigenvalue weighted by atomic mass is 35.5. The van der Waals surface area contributed by atoms with Crippen LogP contribution in [0.15, 0.2) is 94.7 Å². The number of carbonyl (C=O) groups excluding carboxylic acids is 2. The first kappa shape index (κ1) is 43.5. The minimum atomic E-state index is -5.20. The summed E-state index contributed by atoms with van der Waals surface area (Å²) in [5, 5.41) is 13.2. The Balaban J connectivity index is 1.52. The highest BCUT2D eigenvalue weighted by molar-refractivity contribution is 7.99. The van der Waals surface area contributed by atoms with Crippen LogP contribution in [0.5, 0.6) is 5.75 Å². The summed E-state index contributed by atoms with van der Waals surface area (Å²) in [6, 6.07) is 18.2. The number of phenols is 1. The van der Waals surface area contributed by atoms with Gasteiger partial charge in [-0.15, -0.1) is 11.8 Å². The van der Waals surface area contributed by atoms with Crippen molar-refractivity contribution in [3.8, 4) is 5.75 Å². The summed E-state index contributed by atoms with van der Waals surface area (Å²) in [5.74, 6) is -2.38.